The van der Waals surface area contributed by atoms with Gasteiger partial charge in [-0.05, 0) is 43.2 Å². The molecule has 6 nitrogen and oxygen atoms in total. The number of H-pyrrole nitrogens is 1. The van der Waals surface area contributed by atoms with Crippen LogP contribution in [0.2, 0.25) is 0 Å². The molecule has 4 rings (SSSR count). The number of carbonyl (C=O) groups is 1. The van der Waals surface area contributed by atoms with E-state index >= 15 is 0 Å². The third kappa shape index (κ3) is 3.69. The quantitative estimate of drug-likeness (QED) is 0.665. The lowest BCUT2D eigenvalue weighted by molar-refractivity contribution is -0.134. The number of hydrogen-bond acceptors (Lipinski definition) is 3. The molecule has 0 atom stereocenters. The van der Waals surface area contributed by atoms with Crippen molar-refractivity contribution in [1.29, 1.82) is 0 Å². The molecule has 1 amide bonds. The molecule has 1 aliphatic rings. The van der Waals surface area contributed by atoms with Crippen LogP contribution in [0.15, 0.2) is 51.7 Å². The second kappa shape index (κ2) is 7.79. The Morgan fingerprint density at radius 3 is 2.71 bits per heavy atom. The molecule has 0 spiro atoms. The monoisotopic (exact) mass is 447 g/mol. The van der Waals surface area contributed by atoms with E-state index in [0.29, 0.717) is 30.4 Å². The lowest BCUT2D eigenvalue weighted by Gasteiger charge is -2.32. The van der Waals surface area contributed by atoms with Crippen LogP contribution in [0.3, 0.4) is 0 Å². The van der Waals surface area contributed by atoms with E-state index in [0.717, 1.165) is 11.0 Å². The highest BCUT2D eigenvalue weighted by Crippen LogP contribution is 2.25. The van der Waals surface area contributed by atoms with Crippen molar-refractivity contribution in [2.45, 2.75) is 18.9 Å². The molecule has 1 aliphatic heterocycles. The standard InChI is InChI=1S/C20H19BrFN3O3/c21-13-5-6-18(15(22)11-13)28-12-19(26)24-9-7-14(8-10-24)25-17-4-2-1-3-16(17)23-20(25)27/h1-6,11,14H,7-10,12H2,(H,23,27). The van der Waals surface area contributed by atoms with Crippen LogP contribution in [0, 0.1) is 5.82 Å². The molecule has 1 saturated heterocycles. The number of carbonyl (C=O) groups excluding carboxylic acids is 1. The molecule has 1 fully saturated rings. The summed E-state index contributed by atoms with van der Waals surface area (Å²) in [4.78, 5) is 29.3. The molecule has 8 heteroatoms. The number of hydrogen-bond donors (Lipinski definition) is 1. The number of nitrogens with one attached hydrogen (secondary N) is 1. The van der Waals surface area contributed by atoms with Gasteiger partial charge in [-0.25, -0.2) is 9.18 Å². The van der Waals surface area contributed by atoms with Gasteiger partial charge in [0.15, 0.2) is 18.2 Å². The highest BCUT2D eigenvalue weighted by atomic mass is 79.9. The summed E-state index contributed by atoms with van der Waals surface area (Å²) < 4.78 is 21.5. The predicted molar refractivity (Wildman–Crippen MR) is 107 cm³/mol. The van der Waals surface area contributed by atoms with Crippen molar-refractivity contribution >= 4 is 32.9 Å². The number of para-hydroxylation sites is 2. The van der Waals surface area contributed by atoms with Crippen molar-refractivity contribution in [3.8, 4) is 5.75 Å². The molecule has 0 aliphatic carbocycles. The average molecular weight is 448 g/mol. The molecular weight excluding hydrogens is 429 g/mol. The Morgan fingerprint density at radius 2 is 1.96 bits per heavy atom. The van der Waals surface area contributed by atoms with Gasteiger partial charge in [-0.1, -0.05) is 28.1 Å². The third-order valence-electron chi connectivity index (χ3n) is 5.05. The van der Waals surface area contributed by atoms with Crippen LogP contribution in [-0.2, 0) is 4.79 Å². The van der Waals surface area contributed by atoms with Gasteiger partial charge in [0.1, 0.15) is 0 Å². The summed E-state index contributed by atoms with van der Waals surface area (Å²) in [7, 11) is 0. The van der Waals surface area contributed by atoms with Gasteiger partial charge in [-0.3, -0.25) is 9.36 Å². The molecule has 2 heterocycles. The first-order valence-electron chi connectivity index (χ1n) is 9.08. The third-order valence-corrected chi connectivity index (χ3v) is 5.54. The number of amides is 1. The van der Waals surface area contributed by atoms with Gasteiger partial charge in [0.25, 0.3) is 5.91 Å². The van der Waals surface area contributed by atoms with Gasteiger partial charge < -0.3 is 14.6 Å². The maximum Gasteiger partial charge on any atom is 0.326 e. The zero-order valence-corrected chi connectivity index (χ0v) is 16.6. The van der Waals surface area contributed by atoms with Gasteiger partial charge in [0, 0.05) is 23.6 Å². The Labute approximate surface area is 169 Å². The first kappa shape index (κ1) is 18.7. The maximum atomic E-state index is 13.8. The van der Waals surface area contributed by atoms with E-state index in [1.807, 2.05) is 24.3 Å². The summed E-state index contributed by atoms with van der Waals surface area (Å²) in [6.07, 6.45) is 1.36. The van der Waals surface area contributed by atoms with Crippen LogP contribution in [-0.4, -0.2) is 40.1 Å². The second-order valence-corrected chi connectivity index (χ2v) is 7.71. The van der Waals surface area contributed by atoms with Gasteiger partial charge in [-0.2, -0.15) is 0 Å². The van der Waals surface area contributed by atoms with Crippen molar-refractivity contribution in [3.63, 3.8) is 0 Å². The molecule has 1 aromatic heterocycles. The molecule has 146 valence electrons. The van der Waals surface area contributed by atoms with E-state index in [1.54, 1.807) is 15.5 Å². The number of nitrogens with zero attached hydrogens (tertiary/aromatic N) is 2. The zero-order valence-electron chi connectivity index (χ0n) is 15.0. The van der Waals surface area contributed by atoms with E-state index in [2.05, 4.69) is 20.9 Å². The molecule has 0 bridgehead atoms. The molecule has 2 aromatic carbocycles. The number of likely N-dealkylation sites (tertiary alicyclic amines) is 1. The summed E-state index contributed by atoms with van der Waals surface area (Å²) >= 11 is 3.18. The fourth-order valence-electron chi connectivity index (χ4n) is 3.63. The Morgan fingerprint density at radius 1 is 1.21 bits per heavy atom. The maximum absolute atomic E-state index is 13.8. The predicted octanol–water partition coefficient (Wildman–Crippen LogP) is 3.47. The number of aromatic nitrogens is 2. The topological polar surface area (TPSA) is 67.3 Å². The number of halogens is 2. The average Bonchev–Trinajstić information content (AvgIpc) is 3.03. The number of aromatic amines is 1. The van der Waals surface area contributed by atoms with Crippen molar-refractivity contribution in [3.05, 3.63) is 63.2 Å². The highest BCUT2D eigenvalue weighted by molar-refractivity contribution is 9.10. The van der Waals surface area contributed by atoms with E-state index < -0.39 is 5.82 Å². The molecule has 0 saturated carbocycles. The smallest absolute Gasteiger partial charge is 0.326 e. The zero-order chi connectivity index (χ0) is 19.7. The molecular formula is C20H19BrFN3O3. The van der Waals surface area contributed by atoms with Gasteiger partial charge in [0.2, 0.25) is 0 Å². The van der Waals surface area contributed by atoms with Gasteiger partial charge in [-0.15, -0.1) is 0 Å². The van der Waals surface area contributed by atoms with Crippen molar-refractivity contribution in [2.75, 3.05) is 19.7 Å². The molecule has 0 radical (unpaired) electrons. The first-order valence-corrected chi connectivity index (χ1v) is 9.87. The van der Waals surface area contributed by atoms with Crippen LogP contribution in [0.5, 0.6) is 5.75 Å². The van der Waals surface area contributed by atoms with Crippen LogP contribution >= 0.6 is 15.9 Å². The van der Waals surface area contributed by atoms with Crippen molar-refractivity contribution < 1.29 is 13.9 Å². The summed E-state index contributed by atoms with van der Waals surface area (Å²) in [6, 6.07) is 12.1. The number of rotatable bonds is 4. The fourth-order valence-corrected chi connectivity index (χ4v) is 3.97. The highest BCUT2D eigenvalue weighted by Gasteiger charge is 2.26. The Kier molecular flexibility index (Phi) is 5.21. The summed E-state index contributed by atoms with van der Waals surface area (Å²) in [6.45, 7) is 0.847. The minimum Gasteiger partial charge on any atom is -0.481 e. The Balaban J connectivity index is 1.37. The molecule has 3 aromatic rings. The van der Waals surface area contributed by atoms with Crippen LogP contribution in [0.1, 0.15) is 18.9 Å². The van der Waals surface area contributed by atoms with Gasteiger partial charge in [0.05, 0.1) is 11.0 Å². The molecule has 28 heavy (non-hydrogen) atoms. The minimum absolute atomic E-state index is 0.0394. The lowest BCUT2D eigenvalue weighted by Crippen LogP contribution is -2.42. The van der Waals surface area contributed by atoms with E-state index in [4.69, 9.17) is 4.74 Å². The molecule has 1 N–H and O–H groups in total. The number of fused-ring (bicyclic) bond motifs is 1. The Hall–Kier alpha value is -2.61. The van der Waals surface area contributed by atoms with Crippen molar-refractivity contribution in [2.24, 2.45) is 0 Å². The number of benzene rings is 2. The number of ether oxygens (including phenoxy) is 1. The van der Waals surface area contributed by atoms with Crippen LogP contribution in [0.25, 0.3) is 11.0 Å². The Bertz CT molecular complexity index is 1070. The van der Waals surface area contributed by atoms with Crippen molar-refractivity contribution in [1.82, 2.24) is 14.5 Å². The summed E-state index contributed by atoms with van der Waals surface area (Å²) in [5, 5.41) is 0. The van der Waals surface area contributed by atoms with Crippen LogP contribution in [0.4, 0.5) is 4.39 Å². The summed E-state index contributed by atoms with van der Waals surface area (Å²) in [5.41, 5.74) is 1.57. The van der Waals surface area contributed by atoms with Crippen LogP contribution < -0.4 is 10.4 Å². The van der Waals surface area contributed by atoms with E-state index in [-0.39, 0.29) is 30.0 Å². The van der Waals surface area contributed by atoms with E-state index in [1.165, 1.54) is 12.1 Å². The minimum atomic E-state index is -0.514. The second-order valence-electron chi connectivity index (χ2n) is 6.79. The summed E-state index contributed by atoms with van der Waals surface area (Å²) in [5.74, 6) is -0.650. The fraction of sp³-hybridized carbons (Fsp3) is 0.300. The molecule has 0 unspecified atom stereocenters. The normalized spacial score (nSPS) is 15.1. The lowest BCUT2D eigenvalue weighted by atomic mass is 10.0. The largest absolute Gasteiger partial charge is 0.481 e. The first-order chi connectivity index (χ1) is 13.5. The number of imidazole rings is 1. The van der Waals surface area contributed by atoms with E-state index in [9.17, 15) is 14.0 Å². The number of piperidine rings is 1. The van der Waals surface area contributed by atoms with Gasteiger partial charge >= 0.3 is 5.69 Å². The SMILES string of the molecule is O=C(COc1ccc(Br)cc1F)N1CCC(n2c(=O)[nH]c3ccccc32)CC1.